The van der Waals surface area contributed by atoms with Crippen molar-refractivity contribution in [2.45, 2.75) is 20.0 Å². The van der Waals surface area contributed by atoms with E-state index in [0.29, 0.717) is 24.5 Å². The topological polar surface area (TPSA) is 29.9 Å². The SMILES string of the molecule is CCn1ccnc1CNc1c(F)cc(F)cc1F. The zero-order valence-corrected chi connectivity index (χ0v) is 9.75. The van der Waals surface area contributed by atoms with Crippen LogP contribution in [0.1, 0.15) is 12.7 Å². The van der Waals surface area contributed by atoms with E-state index in [1.807, 2.05) is 11.5 Å². The number of hydrogen-bond acceptors (Lipinski definition) is 2. The van der Waals surface area contributed by atoms with E-state index in [9.17, 15) is 13.2 Å². The van der Waals surface area contributed by atoms with Gasteiger partial charge in [-0.3, -0.25) is 0 Å². The van der Waals surface area contributed by atoms with Gasteiger partial charge < -0.3 is 9.88 Å². The molecule has 2 rings (SSSR count). The second-order valence-corrected chi connectivity index (χ2v) is 3.73. The first-order chi connectivity index (χ1) is 8.61. The zero-order valence-electron chi connectivity index (χ0n) is 9.75. The van der Waals surface area contributed by atoms with Gasteiger partial charge in [-0.1, -0.05) is 0 Å². The minimum atomic E-state index is -0.956. The van der Waals surface area contributed by atoms with Crippen molar-refractivity contribution in [3.05, 3.63) is 47.8 Å². The lowest BCUT2D eigenvalue weighted by Gasteiger charge is -2.09. The van der Waals surface area contributed by atoms with Crippen LogP contribution in [-0.4, -0.2) is 9.55 Å². The quantitative estimate of drug-likeness (QED) is 0.910. The molecule has 0 unspecified atom stereocenters. The predicted octanol–water partition coefficient (Wildman–Crippen LogP) is 2.93. The lowest BCUT2D eigenvalue weighted by Crippen LogP contribution is -2.09. The molecule has 6 heteroatoms. The first kappa shape index (κ1) is 12.5. The molecular weight excluding hydrogens is 243 g/mol. The van der Waals surface area contributed by atoms with Crippen molar-refractivity contribution in [2.75, 3.05) is 5.32 Å². The van der Waals surface area contributed by atoms with Crippen LogP contribution in [0.25, 0.3) is 0 Å². The number of imidazole rings is 1. The highest BCUT2D eigenvalue weighted by molar-refractivity contribution is 5.46. The Morgan fingerprint density at radius 1 is 1.22 bits per heavy atom. The van der Waals surface area contributed by atoms with Crippen LogP contribution in [0.5, 0.6) is 0 Å². The monoisotopic (exact) mass is 255 g/mol. The zero-order chi connectivity index (χ0) is 13.1. The van der Waals surface area contributed by atoms with Crippen molar-refractivity contribution < 1.29 is 13.2 Å². The molecule has 0 amide bonds. The Morgan fingerprint density at radius 3 is 2.50 bits per heavy atom. The van der Waals surface area contributed by atoms with Gasteiger partial charge in [-0.2, -0.15) is 0 Å². The number of hydrogen-bond donors (Lipinski definition) is 1. The summed E-state index contributed by atoms with van der Waals surface area (Å²) < 4.78 is 41.3. The third-order valence-corrected chi connectivity index (χ3v) is 2.57. The molecule has 1 heterocycles. The number of benzene rings is 1. The summed E-state index contributed by atoms with van der Waals surface area (Å²) in [6.07, 6.45) is 3.38. The van der Waals surface area contributed by atoms with Crippen molar-refractivity contribution in [3.8, 4) is 0 Å². The highest BCUT2D eigenvalue weighted by Gasteiger charge is 2.11. The van der Waals surface area contributed by atoms with Crippen LogP contribution in [0.3, 0.4) is 0 Å². The molecule has 1 N–H and O–H groups in total. The van der Waals surface area contributed by atoms with Crippen LogP contribution in [0.15, 0.2) is 24.5 Å². The van der Waals surface area contributed by atoms with Gasteiger partial charge in [0.25, 0.3) is 0 Å². The normalized spacial score (nSPS) is 10.7. The lowest BCUT2D eigenvalue weighted by molar-refractivity contribution is 0.546. The summed E-state index contributed by atoms with van der Waals surface area (Å²) in [5.74, 6) is -2.20. The first-order valence-electron chi connectivity index (χ1n) is 5.50. The van der Waals surface area contributed by atoms with Crippen LogP contribution in [0.4, 0.5) is 18.9 Å². The Kier molecular flexibility index (Phi) is 3.55. The van der Waals surface area contributed by atoms with Gasteiger partial charge in [0.2, 0.25) is 0 Å². The molecule has 0 fully saturated rings. The lowest BCUT2D eigenvalue weighted by atomic mass is 10.2. The Balaban J connectivity index is 2.16. The van der Waals surface area contributed by atoms with E-state index >= 15 is 0 Å². The van der Waals surface area contributed by atoms with Crippen LogP contribution < -0.4 is 5.32 Å². The Labute approximate surface area is 102 Å². The van der Waals surface area contributed by atoms with Crippen LogP contribution >= 0.6 is 0 Å². The van der Waals surface area contributed by atoms with E-state index in [1.165, 1.54) is 0 Å². The molecule has 0 bridgehead atoms. The third kappa shape index (κ3) is 2.47. The van der Waals surface area contributed by atoms with Crippen molar-refractivity contribution in [3.63, 3.8) is 0 Å². The van der Waals surface area contributed by atoms with Crippen LogP contribution in [0.2, 0.25) is 0 Å². The van der Waals surface area contributed by atoms with Gasteiger partial charge in [0.05, 0.1) is 6.54 Å². The van der Waals surface area contributed by atoms with Gasteiger partial charge in [-0.25, -0.2) is 18.2 Å². The number of aryl methyl sites for hydroxylation is 1. The number of halogens is 3. The summed E-state index contributed by atoms with van der Waals surface area (Å²) in [4.78, 5) is 4.06. The van der Waals surface area contributed by atoms with Gasteiger partial charge >= 0.3 is 0 Å². The average Bonchev–Trinajstić information content (AvgIpc) is 2.75. The molecular formula is C12H12F3N3. The molecule has 0 aliphatic heterocycles. The van der Waals surface area contributed by atoms with Gasteiger partial charge in [0.15, 0.2) is 11.6 Å². The van der Waals surface area contributed by atoms with E-state index in [-0.39, 0.29) is 12.2 Å². The molecule has 2 aromatic rings. The Morgan fingerprint density at radius 2 is 1.89 bits per heavy atom. The molecule has 0 aliphatic carbocycles. The molecule has 0 saturated heterocycles. The minimum Gasteiger partial charge on any atom is -0.373 e. The molecule has 0 radical (unpaired) electrons. The maximum atomic E-state index is 13.4. The number of aromatic nitrogens is 2. The smallest absolute Gasteiger partial charge is 0.152 e. The highest BCUT2D eigenvalue weighted by Crippen LogP contribution is 2.20. The highest BCUT2D eigenvalue weighted by atomic mass is 19.1. The number of rotatable bonds is 4. The van der Waals surface area contributed by atoms with Crippen molar-refractivity contribution in [2.24, 2.45) is 0 Å². The third-order valence-electron chi connectivity index (χ3n) is 2.57. The fraction of sp³-hybridized carbons (Fsp3) is 0.250. The molecule has 0 saturated carbocycles. The number of nitrogens with one attached hydrogen (secondary N) is 1. The number of anilines is 1. The average molecular weight is 255 g/mol. The van der Waals surface area contributed by atoms with Gasteiger partial charge in [-0.05, 0) is 6.92 Å². The van der Waals surface area contributed by atoms with E-state index in [2.05, 4.69) is 10.3 Å². The fourth-order valence-electron chi connectivity index (χ4n) is 1.67. The standard InChI is InChI=1S/C12H12F3N3/c1-2-18-4-3-16-11(18)7-17-12-9(14)5-8(13)6-10(12)15/h3-6,17H,2,7H2,1H3. The molecule has 1 aromatic carbocycles. The minimum absolute atomic E-state index is 0.167. The molecule has 0 spiro atoms. The summed E-state index contributed by atoms with van der Waals surface area (Å²) in [7, 11) is 0. The van der Waals surface area contributed by atoms with Crippen LogP contribution in [0, 0.1) is 17.5 Å². The van der Waals surface area contributed by atoms with Gasteiger partial charge in [0.1, 0.15) is 17.3 Å². The maximum absolute atomic E-state index is 13.4. The molecule has 1 aromatic heterocycles. The van der Waals surface area contributed by atoms with Crippen molar-refractivity contribution in [1.29, 1.82) is 0 Å². The van der Waals surface area contributed by atoms with Gasteiger partial charge in [0, 0.05) is 31.1 Å². The molecule has 18 heavy (non-hydrogen) atoms. The molecule has 0 atom stereocenters. The van der Waals surface area contributed by atoms with E-state index in [4.69, 9.17) is 0 Å². The number of nitrogens with zero attached hydrogens (tertiary/aromatic N) is 2. The van der Waals surface area contributed by atoms with Crippen LogP contribution in [-0.2, 0) is 13.1 Å². The molecule has 3 nitrogen and oxygen atoms in total. The fourth-order valence-corrected chi connectivity index (χ4v) is 1.67. The van der Waals surface area contributed by atoms with E-state index in [1.54, 1.807) is 12.4 Å². The first-order valence-corrected chi connectivity index (χ1v) is 5.50. The van der Waals surface area contributed by atoms with Crippen molar-refractivity contribution >= 4 is 5.69 Å². The second-order valence-electron chi connectivity index (χ2n) is 3.73. The second kappa shape index (κ2) is 5.12. The van der Waals surface area contributed by atoms with Gasteiger partial charge in [-0.15, -0.1) is 0 Å². The molecule has 96 valence electrons. The summed E-state index contributed by atoms with van der Waals surface area (Å²) in [5, 5.41) is 2.59. The van der Waals surface area contributed by atoms with E-state index in [0.717, 1.165) is 0 Å². The summed E-state index contributed by atoms with van der Waals surface area (Å²) >= 11 is 0. The maximum Gasteiger partial charge on any atom is 0.152 e. The Hall–Kier alpha value is -1.98. The van der Waals surface area contributed by atoms with Crippen molar-refractivity contribution in [1.82, 2.24) is 9.55 Å². The predicted molar refractivity (Wildman–Crippen MR) is 61.5 cm³/mol. The molecule has 0 aliphatic rings. The summed E-state index contributed by atoms with van der Waals surface area (Å²) in [5.41, 5.74) is -0.345. The largest absolute Gasteiger partial charge is 0.373 e. The summed E-state index contributed by atoms with van der Waals surface area (Å²) in [6, 6.07) is 1.27. The Bertz CT molecular complexity index is 528. The summed E-state index contributed by atoms with van der Waals surface area (Å²) in [6.45, 7) is 2.82. The van der Waals surface area contributed by atoms with E-state index < -0.39 is 17.5 Å².